The van der Waals surface area contributed by atoms with Crippen LogP contribution in [-0.2, 0) is 4.79 Å². The molecule has 7 heteroatoms. The summed E-state index contributed by atoms with van der Waals surface area (Å²) in [4.78, 5) is 18.8. The average Bonchev–Trinajstić information content (AvgIpc) is 3.34. The summed E-state index contributed by atoms with van der Waals surface area (Å²) in [6.07, 6.45) is 1.75. The molecule has 0 bridgehead atoms. The van der Waals surface area contributed by atoms with Crippen molar-refractivity contribution in [2.24, 2.45) is 4.99 Å². The van der Waals surface area contributed by atoms with Crippen LogP contribution in [0.2, 0.25) is 0 Å². The number of thioether (sulfide) groups is 1. The molecule has 1 N–H and O–H groups in total. The van der Waals surface area contributed by atoms with Crippen molar-refractivity contribution in [3.8, 4) is 5.69 Å². The van der Waals surface area contributed by atoms with E-state index >= 15 is 0 Å². The molecule has 0 spiro atoms. The number of nitrogens with zero attached hydrogens (tertiary/aromatic N) is 3. The molecule has 5 rings (SSSR count). The summed E-state index contributed by atoms with van der Waals surface area (Å²) in [5, 5.41) is 11.1. The highest BCUT2D eigenvalue weighted by Gasteiger charge is 2.36. The number of aromatic nitrogens is 1. The second kappa shape index (κ2) is 8.25. The van der Waals surface area contributed by atoms with Crippen LogP contribution in [0.1, 0.15) is 33.6 Å². The zero-order chi connectivity index (χ0) is 24.1. The van der Waals surface area contributed by atoms with E-state index in [2.05, 4.69) is 41.6 Å². The number of amidine groups is 2. The van der Waals surface area contributed by atoms with Crippen LogP contribution in [0.25, 0.3) is 17.5 Å². The summed E-state index contributed by atoms with van der Waals surface area (Å²) in [7, 11) is 0. The molecule has 0 saturated carbocycles. The third kappa shape index (κ3) is 3.62. The number of hydrogen-bond acceptors (Lipinski definition) is 3. The molecule has 3 heterocycles. The van der Waals surface area contributed by atoms with Crippen LogP contribution in [0.4, 0.5) is 4.39 Å². The number of benzene rings is 2. The van der Waals surface area contributed by atoms with Crippen LogP contribution >= 0.6 is 11.8 Å². The Hall–Kier alpha value is -3.71. The highest BCUT2D eigenvalue weighted by Crippen LogP contribution is 2.37. The summed E-state index contributed by atoms with van der Waals surface area (Å²) in [5.74, 6) is -0.700. The van der Waals surface area contributed by atoms with Gasteiger partial charge in [-0.1, -0.05) is 23.9 Å². The molecule has 0 unspecified atom stereocenters. The van der Waals surface area contributed by atoms with Gasteiger partial charge in [0.2, 0.25) is 0 Å². The van der Waals surface area contributed by atoms with E-state index in [4.69, 9.17) is 5.41 Å². The number of hydrogen-bond donors (Lipinski definition) is 1. The number of aliphatic imine (C=N–C) groups is 1. The summed E-state index contributed by atoms with van der Waals surface area (Å²) >= 11 is 1.29. The van der Waals surface area contributed by atoms with Gasteiger partial charge in [-0.15, -0.1) is 0 Å². The molecule has 0 atom stereocenters. The molecule has 170 valence electrons. The lowest BCUT2D eigenvalue weighted by atomic mass is 10.1. The quantitative estimate of drug-likeness (QED) is 0.467. The van der Waals surface area contributed by atoms with Gasteiger partial charge >= 0.3 is 0 Å². The molecule has 2 aromatic carbocycles. The lowest BCUT2D eigenvalue weighted by Gasteiger charge is -2.27. The first-order valence-corrected chi connectivity index (χ1v) is 11.8. The molecule has 0 fully saturated rings. The van der Waals surface area contributed by atoms with E-state index in [9.17, 15) is 9.18 Å². The van der Waals surface area contributed by atoms with Crippen LogP contribution in [0.15, 0.2) is 64.5 Å². The van der Waals surface area contributed by atoms with Crippen LogP contribution in [0, 0.1) is 38.9 Å². The van der Waals surface area contributed by atoms with E-state index in [1.165, 1.54) is 29.5 Å². The number of halogens is 1. The Labute approximate surface area is 201 Å². The number of carbonyl (C=O) groups excluding carboxylic acids is 1. The van der Waals surface area contributed by atoms with Gasteiger partial charge in [0.05, 0.1) is 11.3 Å². The molecule has 1 aromatic heterocycles. The molecule has 2 aliphatic rings. The van der Waals surface area contributed by atoms with Crippen LogP contribution < -0.4 is 0 Å². The fraction of sp³-hybridized carbons (Fsp3) is 0.148. The highest BCUT2D eigenvalue weighted by molar-refractivity contribution is 8.17. The van der Waals surface area contributed by atoms with Gasteiger partial charge in [-0.2, -0.15) is 4.99 Å². The fourth-order valence-corrected chi connectivity index (χ4v) is 5.24. The number of amides is 1. The first kappa shape index (κ1) is 22.1. The number of carbonyl (C=O) groups is 1. The lowest BCUT2D eigenvalue weighted by Crippen LogP contribution is -2.38. The molecule has 34 heavy (non-hydrogen) atoms. The minimum atomic E-state index is -0.436. The summed E-state index contributed by atoms with van der Waals surface area (Å²) < 4.78 is 15.6. The topological polar surface area (TPSA) is 61.5 Å². The fourth-order valence-electron chi connectivity index (χ4n) is 4.35. The van der Waals surface area contributed by atoms with Crippen molar-refractivity contribution in [1.82, 2.24) is 9.47 Å². The Morgan fingerprint density at radius 1 is 1.03 bits per heavy atom. The second-order valence-corrected chi connectivity index (χ2v) is 9.36. The zero-order valence-electron chi connectivity index (χ0n) is 19.3. The maximum atomic E-state index is 13.4. The Bertz CT molecular complexity index is 1460. The van der Waals surface area contributed by atoms with Crippen molar-refractivity contribution < 1.29 is 9.18 Å². The molecule has 5 nitrogen and oxygen atoms in total. The molecule has 2 aliphatic heterocycles. The van der Waals surface area contributed by atoms with Crippen molar-refractivity contribution in [3.63, 3.8) is 0 Å². The Balaban J connectivity index is 1.56. The Kier molecular flexibility index (Phi) is 5.37. The van der Waals surface area contributed by atoms with Crippen molar-refractivity contribution in [1.29, 1.82) is 5.41 Å². The monoisotopic (exact) mass is 470 g/mol. The minimum absolute atomic E-state index is 0.0621. The van der Waals surface area contributed by atoms with E-state index in [0.717, 1.165) is 33.8 Å². The maximum Gasteiger partial charge on any atom is 0.283 e. The molecular formula is C27H23FN4OS. The van der Waals surface area contributed by atoms with Gasteiger partial charge in [-0.05, 0) is 92.4 Å². The molecule has 0 aliphatic carbocycles. The van der Waals surface area contributed by atoms with Crippen LogP contribution in [0.3, 0.4) is 0 Å². The van der Waals surface area contributed by atoms with Crippen molar-refractivity contribution in [3.05, 3.63) is 99.0 Å². The van der Waals surface area contributed by atoms with Gasteiger partial charge in [-0.25, -0.2) is 4.39 Å². The third-order valence-corrected chi connectivity index (χ3v) is 6.96. The summed E-state index contributed by atoms with van der Waals surface area (Å²) in [6.45, 7) is 8.20. The van der Waals surface area contributed by atoms with E-state index in [-0.39, 0.29) is 17.2 Å². The van der Waals surface area contributed by atoms with Crippen LogP contribution in [-0.4, -0.2) is 26.4 Å². The standard InChI is InChI=1S/C27H23FN4OS/c1-15-5-6-16(2)23(11-15)31-17(3)12-20(18(31)4)13-22-25(29)32-24(14-34-27(32)30-26(22)33)19-7-9-21(28)10-8-19/h5-14,29H,1-4H3/b22-13-,29-25?. The molecule has 1 amide bonds. The predicted molar refractivity (Wildman–Crippen MR) is 137 cm³/mol. The zero-order valence-corrected chi connectivity index (χ0v) is 20.1. The highest BCUT2D eigenvalue weighted by atomic mass is 32.2. The third-order valence-electron chi connectivity index (χ3n) is 6.13. The number of nitrogens with one attached hydrogen (secondary N) is 1. The maximum absolute atomic E-state index is 13.4. The predicted octanol–water partition coefficient (Wildman–Crippen LogP) is 6.15. The molecule has 0 saturated heterocycles. The summed E-state index contributed by atoms with van der Waals surface area (Å²) in [6, 6.07) is 14.5. The molecular weight excluding hydrogens is 447 g/mol. The van der Waals surface area contributed by atoms with Crippen molar-refractivity contribution in [2.45, 2.75) is 27.7 Å². The molecule has 0 radical (unpaired) electrons. The minimum Gasteiger partial charge on any atom is -0.318 e. The smallest absolute Gasteiger partial charge is 0.283 e. The van der Waals surface area contributed by atoms with Gasteiger partial charge in [0, 0.05) is 22.5 Å². The van der Waals surface area contributed by atoms with E-state index in [1.807, 2.05) is 25.3 Å². The van der Waals surface area contributed by atoms with Gasteiger partial charge in [0.15, 0.2) is 5.17 Å². The van der Waals surface area contributed by atoms with Crippen LogP contribution in [0.5, 0.6) is 0 Å². The number of aryl methyl sites for hydroxylation is 3. The van der Waals surface area contributed by atoms with E-state index < -0.39 is 5.91 Å². The SMILES string of the molecule is Cc1ccc(C)c(-n2c(C)cc(/C=C3/C(=N)N4C(c5ccc(F)cc5)=CSC4=NC3=O)c2C)c1. The van der Waals surface area contributed by atoms with Crippen molar-refractivity contribution in [2.75, 3.05) is 0 Å². The van der Waals surface area contributed by atoms with E-state index in [0.29, 0.717) is 10.9 Å². The lowest BCUT2D eigenvalue weighted by molar-refractivity contribution is -0.114. The Morgan fingerprint density at radius 2 is 1.76 bits per heavy atom. The normalized spacial score (nSPS) is 16.7. The first-order valence-electron chi connectivity index (χ1n) is 10.9. The van der Waals surface area contributed by atoms with E-state index in [1.54, 1.807) is 23.1 Å². The van der Waals surface area contributed by atoms with Gasteiger partial charge in [-0.3, -0.25) is 15.1 Å². The largest absolute Gasteiger partial charge is 0.318 e. The van der Waals surface area contributed by atoms with Gasteiger partial charge in [0.25, 0.3) is 5.91 Å². The molecule has 3 aromatic rings. The second-order valence-electron chi connectivity index (χ2n) is 8.52. The van der Waals surface area contributed by atoms with Gasteiger partial charge in [0.1, 0.15) is 11.7 Å². The number of fused-ring (bicyclic) bond motifs is 1. The van der Waals surface area contributed by atoms with Crippen molar-refractivity contribution >= 4 is 40.4 Å². The van der Waals surface area contributed by atoms with Gasteiger partial charge < -0.3 is 4.57 Å². The Morgan fingerprint density at radius 3 is 2.50 bits per heavy atom. The number of rotatable bonds is 3. The average molecular weight is 471 g/mol. The first-order chi connectivity index (χ1) is 16.2. The summed E-state index contributed by atoms with van der Waals surface area (Å²) in [5.41, 5.74) is 8.00.